The lowest BCUT2D eigenvalue weighted by Crippen LogP contribution is -2.32. The second-order valence-corrected chi connectivity index (χ2v) is 9.21. The minimum absolute atomic E-state index is 0.0906. The Morgan fingerprint density at radius 2 is 1.61 bits per heavy atom. The van der Waals surface area contributed by atoms with E-state index in [1.807, 2.05) is 63.2 Å². The average Bonchev–Trinajstić information content (AvgIpc) is 3.26. The molecule has 3 amide bonds. The largest absolute Gasteiger partial charge is 0.484 e. The standard InChI is InChI=1S/C29H31N3O4/c1-19-7-9-22(10-8-19)16-30-29(35)23-15-27(34)32(17-23)24-11-13-25(14-12-24)36-18-26(33)31-28-20(2)5-4-6-21(28)3/h4-14,23H,15-18H2,1-3H3,(H,30,35)(H,31,33)/t23-/m0/s1. The first-order valence-electron chi connectivity index (χ1n) is 12.0. The molecule has 7 nitrogen and oxygen atoms in total. The van der Waals surface area contributed by atoms with Crippen molar-refractivity contribution in [1.29, 1.82) is 0 Å². The van der Waals surface area contributed by atoms with E-state index < -0.39 is 5.92 Å². The number of ether oxygens (including phenoxy) is 1. The highest BCUT2D eigenvalue weighted by Crippen LogP contribution is 2.27. The van der Waals surface area contributed by atoms with E-state index >= 15 is 0 Å². The molecule has 1 aliphatic heterocycles. The van der Waals surface area contributed by atoms with Gasteiger partial charge in [0.25, 0.3) is 5.91 Å². The molecule has 1 aliphatic rings. The number of amides is 3. The number of hydrogen-bond acceptors (Lipinski definition) is 4. The monoisotopic (exact) mass is 485 g/mol. The van der Waals surface area contributed by atoms with Crippen LogP contribution in [0, 0.1) is 26.7 Å². The summed E-state index contributed by atoms with van der Waals surface area (Å²) in [6.07, 6.45) is 0.177. The molecule has 2 N–H and O–H groups in total. The molecule has 0 saturated carbocycles. The molecular weight excluding hydrogens is 454 g/mol. The van der Waals surface area contributed by atoms with Crippen LogP contribution in [0.4, 0.5) is 11.4 Å². The fourth-order valence-electron chi connectivity index (χ4n) is 4.23. The van der Waals surface area contributed by atoms with Crippen molar-refractivity contribution < 1.29 is 19.1 Å². The van der Waals surface area contributed by atoms with E-state index in [0.717, 1.165) is 22.4 Å². The van der Waals surface area contributed by atoms with Crippen LogP contribution in [-0.2, 0) is 20.9 Å². The Balaban J connectivity index is 1.28. The van der Waals surface area contributed by atoms with Gasteiger partial charge in [0.05, 0.1) is 5.92 Å². The predicted molar refractivity (Wildman–Crippen MR) is 140 cm³/mol. The summed E-state index contributed by atoms with van der Waals surface area (Å²) in [7, 11) is 0. The van der Waals surface area contributed by atoms with E-state index in [-0.39, 0.29) is 30.7 Å². The van der Waals surface area contributed by atoms with Crippen molar-refractivity contribution in [2.24, 2.45) is 5.92 Å². The molecule has 0 aromatic heterocycles. The van der Waals surface area contributed by atoms with Gasteiger partial charge in [0, 0.05) is 30.9 Å². The number of rotatable bonds is 8. The molecule has 0 radical (unpaired) electrons. The fourth-order valence-corrected chi connectivity index (χ4v) is 4.23. The van der Waals surface area contributed by atoms with Gasteiger partial charge in [-0.2, -0.15) is 0 Å². The van der Waals surface area contributed by atoms with Crippen LogP contribution in [0.1, 0.15) is 28.7 Å². The second kappa shape index (κ2) is 11.1. The molecular formula is C29H31N3O4. The third kappa shape index (κ3) is 6.10. The number of aryl methyl sites for hydroxylation is 3. The fraction of sp³-hybridized carbons (Fsp3) is 0.276. The maximum atomic E-state index is 12.6. The van der Waals surface area contributed by atoms with E-state index in [4.69, 9.17) is 4.74 Å². The summed E-state index contributed by atoms with van der Waals surface area (Å²) in [5, 5.41) is 5.83. The highest BCUT2D eigenvalue weighted by Gasteiger charge is 2.35. The quantitative estimate of drug-likeness (QED) is 0.498. The van der Waals surface area contributed by atoms with Crippen LogP contribution in [0.25, 0.3) is 0 Å². The number of nitrogens with zero attached hydrogens (tertiary/aromatic N) is 1. The average molecular weight is 486 g/mol. The molecule has 0 spiro atoms. The molecule has 1 heterocycles. The van der Waals surface area contributed by atoms with E-state index in [1.54, 1.807) is 29.2 Å². The first kappa shape index (κ1) is 25.0. The highest BCUT2D eigenvalue weighted by molar-refractivity contribution is 6.00. The highest BCUT2D eigenvalue weighted by atomic mass is 16.5. The lowest BCUT2D eigenvalue weighted by Gasteiger charge is -2.17. The molecule has 0 bridgehead atoms. The lowest BCUT2D eigenvalue weighted by molar-refractivity contribution is -0.126. The molecule has 7 heteroatoms. The molecule has 1 saturated heterocycles. The van der Waals surface area contributed by atoms with E-state index in [0.29, 0.717) is 24.5 Å². The van der Waals surface area contributed by atoms with Crippen molar-refractivity contribution in [2.45, 2.75) is 33.7 Å². The third-order valence-corrected chi connectivity index (χ3v) is 6.35. The number of para-hydroxylation sites is 1. The molecule has 0 aliphatic carbocycles. The van der Waals surface area contributed by atoms with Crippen LogP contribution in [0.2, 0.25) is 0 Å². The summed E-state index contributed by atoms with van der Waals surface area (Å²) in [6.45, 7) is 6.55. The van der Waals surface area contributed by atoms with Gasteiger partial charge in [0.2, 0.25) is 11.8 Å². The smallest absolute Gasteiger partial charge is 0.262 e. The topological polar surface area (TPSA) is 87.7 Å². The second-order valence-electron chi connectivity index (χ2n) is 9.21. The van der Waals surface area contributed by atoms with Crippen molar-refractivity contribution in [3.63, 3.8) is 0 Å². The van der Waals surface area contributed by atoms with Gasteiger partial charge in [0.1, 0.15) is 5.75 Å². The normalized spacial score (nSPS) is 15.0. The zero-order valence-electron chi connectivity index (χ0n) is 20.8. The van der Waals surface area contributed by atoms with Crippen molar-refractivity contribution >= 4 is 29.1 Å². The first-order chi connectivity index (χ1) is 17.3. The lowest BCUT2D eigenvalue weighted by atomic mass is 10.1. The Bertz CT molecular complexity index is 1230. The van der Waals surface area contributed by atoms with Crippen LogP contribution >= 0.6 is 0 Å². The van der Waals surface area contributed by atoms with Gasteiger partial charge in [-0.05, 0) is 61.7 Å². The van der Waals surface area contributed by atoms with Crippen LogP contribution in [0.5, 0.6) is 5.75 Å². The van der Waals surface area contributed by atoms with Crippen molar-refractivity contribution in [2.75, 3.05) is 23.4 Å². The molecule has 1 fully saturated rings. The van der Waals surface area contributed by atoms with E-state index in [9.17, 15) is 14.4 Å². The van der Waals surface area contributed by atoms with Gasteiger partial charge in [-0.3, -0.25) is 14.4 Å². The van der Waals surface area contributed by atoms with Gasteiger partial charge >= 0.3 is 0 Å². The molecule has 186 valence electrons. The summed E-state index contributed by atoms with van der Waals surface area (Å²) in [6, 6.07) is 20.8. The van der Waals surface area contributed by atoms with Crippen LogP contribution < -0.4 is 20.3 Å². The van der Waals surface area contributed by atoms with E-state index in [1.165, 1.54) is 5.56 Å². The van der Waals surface area contributed by atoms with Crippen molar-refractivity contribution in [3.05, 3.63) is 89.0 Å². The molecule has 4 rings (SSSR count). The Labute approximate surface area is 211 Å². The summed E-state index contributed by atoms with van der Waals surface area (Å²) < 4.78 is 5.63. The van der Waals surface area contributed by atoms with Crippen LogP contribution in [0.15, 0.2) is 66.7 Å². The summed E-state index contributed by atoms with van der Waals surface area (Å²) in [5.74, 6) is -0.332. The number of anilines is 2. The number of nitrogens with one attached hydrogen (secondary N) is 2. The SMILES string of the molecule is Cc1ccc(CNC(=O)[C@H]2CC(=O)N(c3ccc(OCC(=O)Nc4c(C)cccc4C)cc3)C2)cc1. The van der Waals surface area contributed by atoms with Crippen molar-refractivity contribution in [1.82, 2.24) is 5.32 Å². The minimum Gasteiger partial charge on any atom is -0.484 e. The maximum absolute atomic E-state index is 12.6. The molecule has 1 atom stereocenters. The molecule has 36 heavy (non-hydrogen) atoms. The summed E-state index contributed by atoms with van der Waals surface area (Å²) in [4.78, 5) is 39.2. The Kier molecular flexibility index (Phi) is 7.68. The number of carbonyl (C=O) groups excluding carboxylic acids is 3. The van der Waals surface area contributed by atoms with Gasteiger partial charge in [-0.15, -0.1) is 0 Å². The number of hydrogen-bond donors (Lipinski definition) is 2. The predicted octanol–water partition coefficient (Wildman–Crippen LogP) is 4.30. The van der Waals surface area contributed by atoms with Crippen molar-refractivity contribution in [3.8, 4) is 5.75 Å². The zero-order valence-corrected chi connectivity index (χ0v) is 20.8. The van der Waals surface area contributed by atoms with Gasteiger partial charge in [-0.1, -0.05) is 48.0 Å². The molecule has 3 aromatic rings. The zero-order chi connectivity index (χ0) is 25.7. The Morgan fingerprint density at radius 3 is 2.28 bits per heavy atom. The van der Waals surface area contributed by atoms with Gasteiger partial charge in [0.15, 0.2) is 6.61 Å². The minimum atomic E-state index is -0.396. The van der Waals surface area contributed by atoms with E-state index in [2.05, 4.69) is 10.6 Å². The first-order valence-corrected chi connectivity index (χ1v) is 12.0. The summed E-state index contributed by atoms with van der Waals surface area (Å²) in [5.41, 5.74) is 5.66. The molecule has 0 unspecified atom stereocenters. The van der Waals surface area contributed by atoms with Gasteiger partial charge < -0.3 is 20.3 Å². The maximum Gasteiger partial charge on any atom is 0.262 e. The van der Waals surface area contributed by atoms with Crippen LogP contribution in [0.3, 0.4) is 0 Å². The Morgan fingerprint density at radius 1 is 0.944 bits per heavy atom. The Hall–Kier alpha value is -4.13. The third-order valence-electron chi connectivity index (χ3n) is 6.35. The molecule has 3 aromatic carbocycles. The summed E-state index contributed by atoms with van der Waals surface area (Å²) >= 11 is 0. The van der Waals surface area contributed by atoms with Crippen LogP contribution in [-0.4, -0.2) is 30.9 Å². The van der Waals surface area contributed by atoms with Gasteiger partial charge in [-0.25, -0.2) is 0 Å². The number of carbonyl (C=O) groups is 3. The number of benzene rings is 3.